The molecule has 3 heteroatoms. The highest BCUT2D eigenvalue weighted by Gasteiger charge is 1.98. The van der Waals surface area contributed by atoms with Crippen molar-refractivity contribution in [2.45, 2.75) is 13.8 Å². The van der Waals surface area contributed by atoms with E-state index in [0.29, 0.717) is 12.2 Å². The normalized spacial score (nSPS) is 12.6. The summed E-state index contributed by atoms with van der Waals surface area (Å²) in [5, 5.41) is 0. The SMILES string of the molecule is C\C=C/C(=C\C=C(/C)OC)c1ccc(OC=O)cc1. The van der Waals surface area contributed by atoms with Crippen molar-refractivity contribution in [1.82, 2.24) is 0 Å². The van der Waals surface area contributed by atoms with Gasteiger partial charge in [-0.3, -0.25) is 4.79 Å². The summed E-state index contributed by atoms with van der Waals surface area (Å²) >= 11 is 0. The predicted octanol–water partition coefficient (Wildman–Crippen LogP) is 3.73. The van der Waals surface area contributed by atoms with Gasteiger partial charge in [0.1, 0.15) is 5.75 Å². The van der Waals surface area contributed by atoms with Crippen LogP contribution in [-0.4, -0.2) is 13.6 Å². The molecule has 0 aliphatic rings. The number of rotatable bonds is 6. The van der Waals surface area contributed by atoms with Crippen molar-refractivity contribution >= 4 is 12.0 Å². The Bertz CT molecular complexity index is 493. The molecule has 1 aromatic rings. The molecule has 0 saturated carbocycles. The van der Waals surface area contributed by atoms with Crippen molar-refractivity contribution in [3.8, 4) is 5.75 Å². The average molecular weight is 258 g/mol. The topological polar surface area (TPSA) is 35.5 Å². The lowest BCUT2D eigenvalue weighted by atomic mass is 10.0. The van der Waals surface area contributed by atoms with Crippen LogP contribution in [0, 0.1) is 0 Å². The van der Waals surface area contributed by atoms with Crippen LogP contribution in [0.5, 0.6) is 5.75 Å². The van der Waals surface area contributed by atoms with Crippen LogP contribution in [0.1, 0.15) is 19.4 Å². The molecule has 0 aliphatic heterocycles. The summed E-state index contributed by atoms with van der Waals surface area (Å²) in [6.45, 7) is 4.28. The van der Waals surface area contributed by atoms with Gasteiger partial charge in [0, 0.05) is 0 Å². The monoisotopic (exact) mass is 258 g/mol. The van der Waals surface area contributed by atoms with Gasteiger partial charge in [-0.15, -0.1) is 0 Å². The molecule has 0 aromatic heterocycles. The number of hydrogen-bond acceptors (Lipinski definition) is 3. The molecule has 3 nitrogen and oxygen atoms in total. The first-order valence-electron chi connectivity index (χ1n) is 5.97. The molecule has 0 atom stereocenters. The minimum Gasteiger partial charge on any atom is -0.501 e. The molecule has 0 unspecified atom stereocenters. The van der Waals surface area contributed by atoms with E-state index < -0.39 is 0 Å². The molecule has 0 fully saturated rings. The Balaban J connectivity index is 3.02. The van der Waals surface area contributed by atoms with E-state index in [1.807, 2.05) is 50.3 Å². The highest BCUT2D eigenvalue weighted by atomic mass is 16.5. The van der Waals surface area contributed by atoms with Gasteiger partial charge in [-0.05, 0) is 43.2 Å². The van der Waals surface area contributed by atoms with Gasteiger partial charge >= 0.3 is 0 Å². The number of methoxy groups -OCH3 is 1. The van der Waals surface area contributed by atoms with Crippen molar-refractivity contribution in [2.75, 3.05) is 7.11 Å². The largest absolute Gasteiger partial charge is 0.501 e. The molecule has 0 bridgehead atoms. The molecule has 100 valence electrons. The second-order valence-electron chi connectivity index (χ2n) is 3.84. The van der Waals surface area contributed by atoms with Gasteiger partial charge in [0.05, 0.1) is 12.9 Å². The zero-order chi connectivity index (χ0) is 14.1. The lowest BCUT2D eigenvalue weighted by Gasteiger charge is -2.04. The lowest BCUT2D eigenvalue weighted by Crippen LogP contribution is -1.88. The Labute approximate surface area is 113 Å². The van der Waals surface area contributed by atoms with Gasteiger partial charge in [0.25, 0.3) is 6.47 Å². The zero-order valence-corrected chi connectivity index (χ0v) is 11.4. The first-order valence-corrected chi connectivity index (χ1v) is 5.97. The lowest BCUT2D eigenvalue weighted by molar-refractivity contribution is -0.120. The standard InChI is InChI=1S/C16H18O3/c1-4-5-14(7-6-13(2)18-3)15-8-10-16(11-9-15)19-12-17/h4-12H,1-3H3/b5-4-,13-6+,14-7+. The summed E-state index contributed by atoms with van der Waals surface area (Å²) in [5.41, 5.74) is 2.09. The summed E-state index contributed by atoms with van der Waals surface area (Å²) in [6, 6.07) is 7.32. The van der Waals surface area contributed by atoms with E-state index in [2.05, 4.69) is 0 Å². The highest BCUT2D eigenvalue weighted by molar-refractivity contribution is 5.75. The molecular formula is C16H18O3. The maximum atomic E-state index is 10.2. The molecule has 1 rings (SSSR count). The Morgan fingerprint density at radius 2 is 1.84 bits per heavy atom. The fourth-order valence-corrected chi connectivity index (χ4v) is 1.48. The van der Waals surface area contributed by atoms with E-state index in [1.165, 1.54) is 0 Å². The minimum absolute atomic E-state index is 0.419. The molecule has 0 heterocycles. The van der Waals surface area contributed by atoms with Crippen LogP contribution < -0.4 is 4.74 Å². The molecule has 0 amide bonds. The van der Waals surface area contributed by atoms with Crippen LogP contribution in [-0.2, 0) is 9.53 Å². The third kappa shape index (κ3) is 4.84. The molecule has 0 saturated heterocycles. The molecule has 0 N–H and O–H groups in total. The average Bonchev–Trinajstić information content (AvgIpc) is 2.44. The van der Waals surface area contributed by atoms with E-state index in [-0.39, 0.29) is 0 Å². The second kappa shape index (κ2) is 7.93. The third-order valence-electron chi connectivity index (χ3n) is 2.54. The quantitative estimate of drug-likeness (QED) is 0.443. The van der Waals surface area contributed by atoms with Gasteiger partial charge in [0.2, 0.25) is 0 Å². The molecule has 19 heavy (non-hydrogen) atoms. The van der Waals surface area contributed by atoms with Crippen LogP contribution in [0.3, 0.4) is 0 Å². The fraction of sp³-hybridized carbons (Fsp3) is 0.188. The first kappa shape index (κ1) is 14.8. The molecule has 0 aliphatic carbocycles. The summed E-state index contributed by atoms with van der Waals surface area (Å²) < 4.78 is 9.87. The van der Waals surface area contributed by atoms with Crippen molar-refractivity contribution in [2.24, 2.45) is 0 Å². The number of allylic oxidation sites excluding steroid dienone is 6. The first-order chi connectivity index (χ1) is 9.21. The van der Waals surface area contributed by atoms with Crippen molar-refractivity contribution < 1.29 is 14.3 Å². The molecular weight excluding hydrogens is 240 g/mol. The van der Waals surface area contributed by atoms with Crippen molar-refractivity contribution in [1.29, 1.82) is 0 Å². The number of benzene rings is 1. The number of carbonyl (C=O) groups is 1. The summed E-state index contributed by atoms with van der Waals surface area (Å²) in [7, 11) is 1.64. The molecule has 0 radical (unpaired) electrons. The Hall–Kier alpha value is -2.29. The molecule has 0 spiro atoms. The smallest absolute Gasteiger partial charge is 0.298 e. The number of hydrogen-bond donors (Lipinski definition) is 0. The highest BCUT2D eigenvalue weighted by Crippen LogP contribution is 2.20. The summed E-state index contributed by atoms with van der Waals surface area (Å²) in [4.78, 5) is 10.2. The van der Waals surface area contributed by atoms with Crippen molar-refractivity contribution in [3.63, 3.8) is 0 Å². The van der Waals surface area contributed by atoms with E-state index in [1.54, 1.807) is 19.2 Å². The molecule has 1 aromatic carbocycles. The van der Waals surface area contributed by atoms with Gasteiger partial charge in [-0.2, -0.15) is 0 Å². The van der Waals surface area contributed by atoms with Crippen LogP contribution in [0.2, 0.25) is 0 Å². The van der Waals surface area contributed by atoms with Crippen LogP contribution in [0.15, 0.2) is 54.3 Å². The maximum Gasteiger partial charge on any atom is 0.298 e. The fourth-order valence-electron chi connectivity index (χ4n) is 1.48. The Morgan fingerprint density at radius 3 is 2.37 bits per heavy atom. The van der Waals surface area contributed by atoms with Gasteiger partial charge in [0.15, 0.2) is 0 Å². The minimum atomic E-state index is 0.419. The summed E-state index contributed by atoms with van der Waals surface area (Å²) in [5.74, 6) is 1.37. The summed E-state index contributed by atoms with van der Waals surface area (Å²) in [6.07, 6.45) is 7.87. The van der Waals surface area contributed by atoms with Gasteiger partial charge in [-0.1, -0.05) is 30.4 Å². The van der Waals surface area contributed by atoms with E-state index >= 15 is 0 Å². The van der Waals surface area contributed by atoms with Crippen molar-refractivity contribution in [3.05, 3.63) is 59.9 Å². The van der Waals surface area contributed by atoms with Gasteiger partial charge < -0.3 is 9.47 Å². The Kier molecular flexibility index (Phi) is 6.16. The van der Waals surface area contributed by atoms with Crippen LogP contribution >= 0.6 is 0 Å². The maximum absolute atomic E-state index is 10.2. The second-order valence-corrected chi connectivity index (χ2v) is 3.84. The number of ether oxygens (including phenoxy) is 2. The number of carbonyl (C=O) groups excluding carboxylic acids is 1. The zero-order valence-electron chi connectivity index (χ0n) is 11.4. The van der Waals surface area contributed by atoms with Gasteiger partial charge in [-0.25, -0.2) is 0 Å². The van der Waals surface area contributed by atoms with E-state index in [0.717, 1.165) is 16.9 Å². The van der Waals surface area contributed by atoms with E-state index in [9.17, 15) is 4.79 Å². The third-order valence-corrected chi connectivity index (χ3v) is 2.54. The van der Waals surface area contributed by atoms with E-state index in [4.69, 9.17) is 9.47 Å². The van der Waals surface area contributed by atoms with Crippen LogP contribution in [0.25, 0.3) is 5.57 Å². The Morgan fingerprint density at radius 1 is 1.16 bits per heavy atom. The predicted molar refractivity (Wildman–Crippen MR) is 76.7 cm³/mol. The van der Waals surface area contributed by atoms with Crippen LogP contribution in [0.4, 0.5) is 0 Å².